The van der Waals surface area contributed by atoms with Crippen LogP contribution in [0.4, 0.5) is 18.0 Å². The van der Waals surface area contributed by atoms with Gasteiger partial charge in [-0.05, 0) is 30.3 Å². The summed E-state index contributed by atoms with van der Waals surface area (Å²) in [5.74, 6) is -1.19. The lowest BCUT2D eigenvalue weighted by molar-refractivity contribution is -0.141. The van der Waals surface area contributed by atoms with Gasteiger partial charge in [-0.1, -0.05) is 0 Å². The standard InChI is InChI=1S/C14H10F3N5O3/c15-14(16,17)10-5-6-21(19-10)9-3-1-8(2-4-9)12(24)20-22-7-11(23)18-13(22)25/h1-6H,7H2,(H,20,24)(H,18,23,25). The Hall–Kier alpha value is -3.37. The molecule has 1 aromatic carbocycles. The van der Waals surface area contributed by atoms with E-state index in [9.17, 15) is 27.6 Å². The van der Waals surface area contributed by atoms with Crippen molar-refractivity contribution in [3.05, 3.63) is 47.8 Å². The van der Waals surface area contributed by atoms with Gasteiger partial charge >= 0.3 is 12.2 Å². The normalized spacial score (nSPS) is 14.6. The summed E-state index contributed by atoms with van der Waals surface area (Å²) in [5, 5.41) is 6.24. The number of rotatable bonds is 3. The third kappa shape index (κ3) is 3.44. The molecule has 1 saturated heterocycles. The zero-order valence-electron chi connectivity index (χ0n) is 12.4. The summed E-state index contributed by atoms with van der Waals surface area (Å²) < 4.78 is 38.7. The number of nitrogens with one attached hydrogen (secondary N) is 2. The van der Waals surface area contributed by atoms with Crippen molar-refractivity contribution in [1.29, 1.82) is 0 Å². The molecule has 1 fully saturated rings. The molecule has 1 aliphatic rings. The Morgan fingerprint density at radius 1 is 1.16 bits per heavy atom. The first-order valence-corrected chi connectivity index (χ1v) is 6.90. The van der Waals surface area contributed by atoms with Crippen molar-refractivity contribution in [2.45, 2.75) is 6.18 Å². The fraction of sp³-hybridized carbons (Fsp3) is 0.143. The Labute approximate surface area is 138 Å². The Bertz CT molecular complexity index is 844. The maximum Gasteiger partial charge on any atom is 0.435 e. The number of alkyl halides is 3. The van der Waals surface area contributed by atoms with Crippen LogP contribution < -0.4 is 10.7 Å². The summed E-state index contributed by atoms with van der Waals surface area (Å²) in [6.07, 6.45) is -3.39. The molecule has 0 bridgehead atoms. The molecule has 25 heavy (non-hydrogen) atoms. The molecule has 2 N–H and O–H groups in total. The van der Waals surface area contributed by atoms with E-state index in [2.05, 4.69) is 10.5 Å². The minimum absolute atomic E-state index is 0.152. The highest BCUT2D eigenvalue weighted by Gasteiger charge is 2.33. The van der Waals surface area contributed by atoms with Crippen LogP contribution in [0.1, 0.15) is 16.1 Å². The molecule has 2 aromatic rings. The Kier molecular flexibility index (Phi) is 3.91. The molecule has 4 amide bonds. The summed E-state index contributed by atoms with van der Waals surface area (Å²) in [5.41, 5.74) is 1.69. The fourth-order valence-corrected chi connectivity index (χ4v) is 2.10. The predicted octanol–water partition coefficient (Wildman–Crippen LogP) is 1.09. The summed E-state index contributed by atoms with van der Waals surface area (Å²) in [7, 11) is 0. The third-order valence-corrected chi connectivity index (χ3v) is 3.30. The van der Waals surface area contributed by atoms with Crippen molar-refractivity contribution in [3.63, 3.8) is 0 Å². The number of benzene rings is 1. The highest BCUT2D eigenvalue weighted by Crippen LogP contribution is 2.27. The van der Waals surface area contributed by atoms with Crippen LogP contribution in [0.25, 0.3) is 5.69 Å². The molecule has 0 aliphatic carbocycles. The molecule has 1 aromatic heterocycles. The number of amides is 4. The number of aromatic nitrogens is 2. The van der Waals surface area contributed by atoms with E-state index >= 15 is 0 Å². The Morgan fingerprint density at radius 3 is 2.36 bits per heavy atom. The van der Waals surface area contributed by atoms with Crippen LogP contribution in [0, 0.1) is 0 Å². The maximum atomic E-state index is 12.5. The molecule has 11 heteroatoms. The summed E-state index contributed by atoms with van der Waals surface area (Å²) in [4.78, 5) is 34.4. The molecule has 3 rings (SSSR count). The van der Waals surface area contributed by atoms with Gasteiger partial charge in [-0.25, -0.2) is 14.5 Å². The van der Waals surface area contributed by atoms with E-state index in [1.807, 2.05) is 5.32 Å². The lowest BCUT2D eigenvalue weighted by Gasteiger charge is -2.14. The molecule has 0 unspecified atom stereocenters. The van der Waals surface area contributed by atoms with Crippen molar-refractivity contribution in [3.8, 4) is 5.69 Å². The van der Waals surface area contributed by atoms with E-state index < -0.39 is 29.7 Å². The number of imide groups is 1. The first-order valence-electron chi connectivity index (χ1n) is 6.90. The van der Waals surface area contributed by atoms with Crippen LogP contribution in [-0.2, 0) is 11.0 Å². The molecule has 0 radical (unpaired) electrons. The molecule has 2 heterocycles. The van der Waals surface area contributed by atoms with Gasteiger partial charge in [0.1, 0.15) is 6.54 Å². The minimum Gasteiger partial charge on any atom is -0.275 e. The van der Waals surface area contributed by atoms with Gasteiger partial charge in [0.05, 0.1) is 5.69 Å². The van der Waals surface area contributed by atoms with Gasteiger partial charge < -0.3 is 0 Å². The first kappa shape index (κ1) is 16.5. The number of hydrogen-bond acceptors (Lipinski definition) is 4. The SMILES string of the molecule is O=C1CN(NC(=O)c2ccc(-n3ccc(C(F)(F)F)n3)cc2)C(=O)N1. The summed E-state index contributed by atoms with van der Waals surface area (Å²) in [6, 6.07) is 5.61. The topological polar surface area (TPSA) is 96.3 Å². The van der Waals surface area contributed by atoms with Gasteiger partial charge in [0, 0.05) is 11.8 Å². The zero-order valence-corrected chi connectivity index (χ0v) is 12.4. The second-order valence-electron chi connectivity index (χ2n) is 5.07. The van der Waals surface area contributed by atoms with Crippen LogP contribution in [0.15, 0.2) is 36.5 Å². The largest absolute Gasteiger partial charge is 0.435 e. The van der Waals surface area contributed by atoms with Crippen LogP contribution >= 0.6 is 0 Å². The molecule has 8 nitrogen and oxygen atoms in total. The molecule has 130 valence electrons. The second-order valence-corrected chi connectivity index (χ2v) is 5.07. The number of halogens is 3. The average Bonchev–Trinajstić information content (AvgIpc) is 3.14. The van der Waals surface area contributed by atoms with Crippen LogP contribution in [-0.4, -0.2) is 39.2 Å². The van der Waals surface area contributed by atoms with Crippen molar-refractivity contribution < 1.29 is 27.6 Å². The number of carbonyl (C=O) groups excluding carboxylic acids is 3. The summed E-state index contributed by atoms with van der Waals surface area (Å²) in [6.45, 7) is -0.295. The van der Waals surface area contributed by atoms with E-state index in [0.29, 0.717) is 5.69 Å². The number of carbonyl (C=O) groups is 3. The maximum absolute atomic E-state index is 12.5. The number of nitrogens with zero attached hydrogens (tertiary/aromatic N) is 3. The average molecular weight is 353 g/mol. The van der Waals surface area contributed by atoms with Crippen LogP contribution in [0.2, 0.25) is 0 Å². The van der Waals surface area contributed by atoms with Crippen molar-refractivity contribution in [2.75, 3.05) is 6.54 Å². The second kappa shape index (κ2) is 5.92. The smallest absolute Gasteiger partial charge is 0.275 e. The molecule has 0 saturated carbocycles. The Morgan fingerprint density at radius 2 is 1.84 bits per heavy atom. The first-order chi connectivity index (χ1) is 11.7. The highest BCUT2D eigenvalue weighted by atomic mass is 19.4. The van der Waals surface area contributed by atoms with Crippen molar-refractivity contribution in [1.82, 2.24) is 25.5 Å². The zero-order chi connectivity index (χ0) is 18.2. The number of hydrazine groups is 1. The van der Waals surface area contributed by atoms with E-state index in [1.165, 1.54) is 24.3 Å². The van der Waals surface area contributed by atoms with E-state index in [0.717, 1.165) is 22.0 Å². The quantitative estimate of drug-likeness (QED) is 0.808. The monoisotopic (exact) mass is 353 g/mol. The van der Waals surface area contributed by atoms with Gasteiger partial charge in [0.15, 0.2) is 5.69 Å². The highest BCUT2D eigenvalue weighted by molar-refractivity contribution is 6.04. The van der Waals surface area contributed by atoms with Crippen LogP contribution in [0.5, 0.6) is 0 Å². The van der Waals surface area contributed by atoms with Gasteiger partial charge in [-0.3, -0.25) is 20.3 Å². The molecule has 0 spiro atoms. The minimum atomic E-state index is -4.54. The van der Waals surface area contributed by atoms with Gasteiger partial charge in [0.2, 0.25) is 5.91 Å². The molecule has 0 atom stereocenters. The predicted molar refractivity (Wildman–Crippen MR) is 76.3 cm³/mol. The summed E-state index contributed by atoms with van der Waals surface area (Å²) >= 11 is 0. The van der Waals surface area contributed by atoms with E-state index in [4.69, 9.17) is 0 Å². The van der Waals surface area contributed by atoms with Crippen molar-refractivity contribution >= 4 is 17.8 Å². The van der Waals surface area contributed by atoms with E-state index in [-0.39, 0.29) is 12.1 Å². The van der Waals surface area contributed by atoms with Gasteiger partial charge in [-0.2, -0.15) is 18.3 Å². The van der Waals surface area contributed by atoms with Gasteiger partial charge in [0.25, 0.3) is 5.91 Å². The fourth-order valence-electron chi connectivity index (χ4n) is 2.10. The molecular formula is C14H10F3N5O3. The van der Waals surface area contributed by atoms with E-state index in [1.54, 1.807) is 0 Å². The lowest BCUT2D eigenvalue weighted by Crippen LogP contribution is -2.44. The third-order valence-electron chi connectivity index (χ3n) is 3.30. The van der Waals surface area contributed by atoms with Crippen LogP contribution in [0.3, 0.4) is 0 Å². The van der Waals surface area contributed by atoms with Gasteiger partial charge in [-0.15, -0.1) is 0 Å². The number of hydrogen-bond donors (Lipinski definition) is 2. The molecular weight excluding hydrogens is 343 g/mol. The molecule has 1 aliphatic heterocycles. The number of urea groups is 1. The lowest BCUT2D eigenvalue weighted by atomic mass is 10.2. The Balaban J connectivity index is 1.72. The van der Waals surface area contributed by atoms with Crippen molar-refractivity contribution in [2.24, 2.45) is 0 Å².